The van der Waals surface area contributed by atoms with Crippen LogP contribution >= 0.6 is 28.1 Å². The second kappa shape index (κ2) is 3.28. The molecule has 4 heteroatoms. The van der Waals surface area contributed by atoms with Crippen LogP contribution in [-0.4, -0.2) is 11.4 Å². The van der Waals surface area contributed by atoms with E-state index in [-0.39, 0.29) is 0 Å². The molecule has 0 radical (unpaired) electrons. The van der Waals surface area contributed by atoms with Gasteiger partial charge in [-0.15, -0.1) is 0 Å². The van der Waals surface area contributed by atoms with E-state index in [0.717, 1.165) is 6.54 Å². The van der Waals surface area contributed by atoms with Crippen LogP contribution in [0.15, 0.2) is 22.7 Å². The molecule has 0 atom stereocenters. The zero-order valence-corrected chi connectivity index (χ0v) is 9.08. The van der Waals surface area contributed by atoms with Crippen molar-refractivity contribution in [3.8, 4) is 0 Å². The van der Waals surface area contributed by atoms with E-state index in [2.05, 4.69) is 44.1 Å². The molecule has 64 valence electrons. The lowest BCUT2D eigenvalue weighted by Gasteiger charge is -2.25. The molecule has 0 spiro atoms. The Balaban J connectivity index is 2.43. The third-order valence-electron chi connectivity index (χ3n) is 1.81. The van der Waals surface area contributed by atoms with E-state index in [1.54, 1.807) is 12.1 Å². The Kier molecular flexibility index (Phi) is 2.30. The fourth-order valence-electron chi connectivity index (χ4n) is 1.20. The number of anilines is 1. The average molecular weight is 245 g/mol. The van der Waals surface area contributed by atoms with Crippen LogP contribution in [0.1, 0.15) is 5.56 Å². The maximum Gasteiger partial charge on any atom is 0.0508 e. The first-order valence-electron chi connectivity index (χ1n) is 3.69. The minimum absolute atomic E-state index is 0.981. The van der Waals surface area contributed by atoms with E-state index in [1.165, 1.54) is 15.7 Å². The number of hydrogen-bond acceptors (Lipinski definition) is 3. The van der Waals surface area contributed by atoms with Gasteiger partial charge in [-0.05, 0) is 19.2 Å². The van der Waals surface area contributed by atoms with Crippen molar-refractivity contribution < 1.29 is 0 Å². The maximum atomic E-state index is 3.53. The first-order chi connectivity index (χ1) is 5.77. The van der Waals surface area contributed by atoms with Crippen LogP contribution in [0.25, 0.3) is 0 Å². The van der Waals surface area contributed by atoms with Crippen molar-refractivity contribution in [3.05, 3.63) is 28.2 Å². The number of hydrogen-bond donors (Lipinski definition) is 1. The molecule has 0 fully saturated rings. The fourth-order valence-corrected chi connectivity index (χ4v) is 2.33. The summed E-state index contributed by atoms with van der Waals surface area (Å²) in [6.45, 7) is 0.981. The van der Waals surface area contributed by atoms with Gasteiger partial charge in [-0.3, -0.25) is 0 Å². The first-order valence-corrected chi connectivity index (χ1v) is 5.25. The summed E-state index contributed by atoms with van der Waals surface area (Å²) in [6, 6.07) is 6.21. The number of benzene rings is 1. The molecule has 1 aromatic rings. The van der Waals surface area contributed by atoms with Crippen LogP contribution in [0.4, 0.5) is 5.69 Å². The van der Waals surface area contributed by atoms with Crippen LogP contribution < -0.4 is 4.72 Å². The molecule has 0 unspecified atom stereocenters. The highest BCUT2D eigenvalue weighted by atomic mass is 79.9. The van der Waals surface area contributed by atoms with Gasteiger partial charge >= 0.3 is 0 Å². The molecule has 1 N–H and O–H groups in total. The Morgan fingerprint density at radius 3 is 3.25 bits per heavy atom. The van der Waals surface area contributed by atoms with Gasteiger partial charge < -0.3 is 4.72 Å². The summed E-state index contributed by atoms with van der Waals surface area (Å²) in [5.41, 5.74) is 2.55. The van der Waals surface area contributed by atoms with Gasteiger partial charge in [-0.1, -0.05) is 22.0 Å². The summed E-state index contributed by atoms with van der Waals surface area (Å²) in [7, 11) is 2.07. The topological polar surface area (TPSA) is 15.3 Å². The van der Waals surface area contributed by atoms with Crippen molar-refractivity contribution in [2.24, 2.45) is 0 Å². The van der Waals surface area contributed by atoms with Gasteiger partial charge in [0.05, 0.1) is 5.69 Å². The summed E-state index contributed by atoms with van der Waals surface area (Å²) in [6.07, 6.45) is 0. The number of nitrogens with zero attached hydrogens (tertiary/aromatic N) is 1. The third-order valence-corrected chi connectivity index (χ3v) is 3.31. The molecular formula is C8H9BrN2S. The van der Waals surface area contributed by atoms with Crippen molar-refractivity contribution in [2.75, 3.05) is 11.8 Å². The SMILES string of the molecule is CN1Cc2c(Br)cccc2NS1. The van der Waals surface area contributed by atoms with Crippen molar-refractivity contribution in [3.63, 3.8) is 0 Å². The Morgan fingerprint density at radius 1 is 1.58 bits per heavy atom. The van der Waals surface area contributed by atoms with Crippen molar-refractivity contribution in [1.29, 1.82) is 0 Å². The molecular weight excluding hydrogens is 236 g/mol. The number of rotatable bonds is 0. The normalized spacial score (nSPS) is 16.8. The smallest absolute Gasteiger partial charge is 0.0508 e. The molecule has 1 aromatic carbocycles. The van der Waals surface area contributed by atoms with Gasteiger partial charge in [-0.25, -0.2) is 4.31 Å². The van der Waals surface area contributed by atoms with Crippen LogP contribution in [-0.2, 0) is 6.54 Å². The molecule has 0 bridgehead atoms. The quantitative estimate of drug-likeness (QED) is 0.707. The van der Waals surface area contributed by atoms with E-state index in [9.17, 15) is 0 Å². The van der Waals surface area contributed by atoms with Crippen molar-refractivity contribution in [2.45, 2.75) is 6.54 Å². The van der Waals surface area contributed by atoms with Crippen molar-refractivity contribution >= 4 is 33.8 Å². The van der Waals surface area contributed by atoms with Crippen LogP contribution in [0.5, 0.6) is 0 Å². The monoisotopic (exact) mass is 244 g/mol. The Morgan fingerprint density at radius 2 is 2.42 bits per heavy atom. The van der Waals surface area contributed by atoms with Gasteiger partial charge in [0.15, 0.2) is 0 Å². The second-order valence-electron chi connectivity index (χ2n) is 2.75. The maximum absolute atomic E-state index is 3.53. The standard InChI is InChI=1S/C8H9BrN2S/c1-11-5-6-7(9)3-2-4-8(6)10-12-11/h2-4,10H,5H2,1H3. The lowest BCUT2D eigenvalue weighted by atomic mass is 10.2. The summed E-state index contributed by atoms with van der Waals surface area (Å²) in [5.74, 6) is 0. The third kappa shape index (κ3) is 1.46. The molecule has 1 heterocycles. The van der Waals surface area contributed by atoms with E-state index in [0.29, 0.717) is 0 Å². The van der Waals surface area contributed by atoms with Gasteiger partial charge in [0.1, 0.15) is 0 Å². The minimum atomic E-state index is 0.981. The van der Waals surface area contributed by atoms with Gasteiger partial charge in [-0.2, -0.15) is 0 Å². The van der Waals surface area contributed by atoms with Crippen LogP contribution in [0.2, 0.25) is 0 Å². The number of fused-ring (bicyclic) bond motifs is 1. The molecule has 0 amide bonds. The van der Waals surface area contributed by atoms with E-state index in [4.69, 9.17) is 0 Å². The van der Waals surface area contributed by atoms with E-state index in [1.807, 2.05) is 6.07 Å². The van der Waals surface area contributed by atoms with Crippen LogP contribution in [0.3, 0.4) is 0 Å². The lowest BCUT2D eigenvalue weighted by Crippen LogP contribution is -2.18. The second-order valence-corrected chi connectivity index (χ2v) is 4.61. The number of halogens is 1. The summed E-state index contributed by atoms with van der Waals surface area (Å²) in [5, 5.41) is 0. The molecule has 0 aliphatic carbocycles. The molecule has 2 nitrogen and oxygen atoms in total. The molecule has 0 aromatic heterocycles. The summed E-state index contributed by atoms with van der Waals surface area (Å²) < 4.78 is 6.61. The Hall–Kier alpha value is -0.190. The highest BCUT2D eigenvalue weighted by Gasteiger charge is 2.14. The zero-order valence-electron chi connectivity index (χ0n) is 6.67. The van der Waals surface area contributed by atoms with Crippen LogP contribution in [0, 0.1) is 0 Å². The molecule has 0 saturated carbocycles. The number of nitrogens with one attached hydrogen (secondary N) is 1. The fraction of sp³-hybridized carbons (Fsp3) is 0.250. The predicted octanol–water partition coefficient (Wildman–Crippen LogP) is 2.87. The Labute approximate surface area is 84.7 Å². The van der Waals surface area contributed by atoms with E-state index < -0.39 is 0 Å². The molecule has 2 rings (SSSR count). The minimum Gasteiger partial charge on any atom is -0.316 e. The average Bonchev–Trinajstić information content (AvgIpc) is 2.07. The highest BCUT2D eigenvalue weighted by molar-refractivity contribution is 9.10. The Bertz CT molecular complexity index is 303. The van der Waals surface area contributed by atoms with Gasteiger partial charge in [0.2, 0.25) is 0 Å². The molecule has 0 saturated heterocycles. The largest absolute Gasteiger partial charge is 0.316 e. The molecule has 12 heavy (non-hydrogen) atoms. The summed E-state index contributed by atoms with van der Waals surface area (Å²) >= 11 is 5.17. The zero-order chi connectivity index (χ0) is 8.55. The van der Waals surface area contributed by atoms with Crippen molar-refractivity contribution in [1.82, 2.24) is 4.31 Å². The van der Waals surface area contributed by atoms with Gasteiger partial charge in [0, 0.05) is 28.7 Å². The highest BCUT2D eigenvalue weighted by Crippen LogP contribution is 2.33. The lowest BCUT2D eigenvalue weighted by molar-refractivity contribution is 0.560. The predicted molar refractivity (Wildman–Crippen MR) is 56.8 cm³/mol. The molecule has 1 aliphatic heterocycles. The molecule has 1 aliphatic rings. The van der Waals surface area contributed by atoms with Gasteiger partial charge in [0.25, 0.3) is 0 Å². The summed E-state index contributed by atoms with van der Waals surface area (Å²) in [4.78, 5) is 0. The first kappa shape index (κ1) is 8.41. The van der Waals surface area contributed by atoms with E-state index >= 15 is 0 Å².